The highest BCUT2D eigenvalue weighted by Crippen LogP contribution is 2.27. The number of hydrogen-bond acceptors (Lipinski definition) is 4. The summed E-state index contributed by atoms with van der Waals surface area (Å²) in [6, 6.07) is 22.7. The van der Waals surface area contributed by atoms with Crippen LogP contribution in [-0.2, 0) is 13.0 Å². The number of allylic oxidation sites excluding steroid dienone is 1. The molecule has 2 aromatic heterocycles. The molecule has 0 saturated heterocycles. The molecule has 0 fully saturated rings. The summed E-state index contributed by atoms with van der Waals surface area (Å²) in [6.45, 7) is 2.70. The van der Waals surface area contributed by atoms with Crippen molar-refractivity contribution in [2.45, 2.75) is 19.9 Å². The molecule has 2 aromatic carbocycles. The van der Waals surface area contributed by atoms with Crippen LogP contribution in [0.3, 0.4) is 0 Å². The Hall–Kier alpha value is -4.19. The van der Waals surface area contributed by atoms with Gasteiger partial charge in [-0.25, -0.2) is 4.68 Å². The molecule has 0 amide bonds. The van der Waals surface area contributed by atoms with Gasteiger partial charge in [0, 0.05) is 23.9 Å². The van der Waals surface area contributed by atoms with Crippen molar-refractivity contribution in [2.75, 3.05) is 12.8 Å². The van der Waals surface area contributed by atoms with Crippen molar-refractivity contribution in [1.82, 2.24) is 9.78 Å². The molecule has 0 unspecified atom stereocenters. The molecule has 6 heteroatoms. The summed E-state index contributed by atoms with van der Waals surface area (Å²) in [5.41, 5.74) is 14.0. The lowest BCUT2D eigenvalue weighted by atomic mass is 10.1. The van der Waals surface area contributed by atoms with Gasteiger partial charge in [0.1, 0.15) is 17.3 Å². The molecule has 0 saturated carbocycles. The Labute approximate surface area is 193 Å². The van der Waals surface area contributed by atoms with Crippen LogP contribution in [0.15, 0.2) is 89.7 Å². The topological polar surface area (TPSA) is 69.3 Å². The van der Waals surface area contributed by atoms with Crippen molar-refractivity contribution >= 4 is 23.4 Å². The molecule has 2 N–H and O–H groups in total. The minimum Gasteiger partial charge on any atom is -0.497 e. The number of methoxy groups -OCH3 is 1. The maximum Gasteiger partial charge on any atom is 0.223 e. The highest BCUT2D eigenvalue weighted by molar-refractivity contribution is 5.92. The van der Waals surface area contributed by atoms with Crippen molar-refractivity contribution < 1.29 is 9.30 Å². The van der Waals surface area contributed by atoms with Crippen LogP contribution in [0.5, 0.6) is 5.75 Å². The van der Waals surface area contributed by atoms with E-state index in [0.29, 0.717) is 18.1 Å². The van der Waals surface area contributed by atoms with E-state index in [1.54, 1.807) is 18.0 Å². The second-order valence-electron chi connectivity index (χ2n) is 8.16. The molecule has 0 radical (unpaired) electrons. The van der Waals surface area contributed by atoms with Gasteiger partial charge in [0.2, 0.25) is 5.70 Å². The standard InChI is InChI=1S/C27H26N5O/c1-19-6-5-7-20(14-19)18-32-27(28)25(17-30-32)29-16-22-15-23-8-3-4-13-31(23)26(22)21-9-11-24(33-2)12-10-21/h3-14,16-17H,15,18,28H2,1-2H3/q+1. The number of aliphatic imine (C=N–C) groups is 1. The van der Waals surface area contributed by atoms with E-state index in [9.17, 15) is 0 Å². The van der Waals surface area contributed by atoms with Crippen molar-refractivity contribution in [3.63, 3.8) is 0 Å². The van der Waals surface area contributed by atoms with Crippen LogP contribution < -0.4 is 15.0 Å². The summed E-state index contributed by atoms with van der Waals surface area (Å²) in [4.78, 5) is 4.73. The highest BCUT2D eigenvalue weighted by atomic mass is 16.5. The van der Waals surface area contributed by atoms with E-state index in [0.717, 1.165) is 34.6 Å². The summed E-state index contributed by atoms with van der Waals surface area (Å²) in [7, 11) is 1.68. The van der Waals surface area contributed by atoms with Crippen LogP contribution >= 0.6 is 0 Å². The normalized spacial score (nSPS) is 13.0. The molecular weight excluding hydrogens is 410 g/mol. The lowest BCUT2D eigenvalue weighted by molar-refractivity contribution is -0.582. The molecule has 0 aliphatic carbocycles. The lowest BCUT2D eigenvalue weighted by Gasteiger charge is -2.05. The first-order valence-electron chi connectivity index (χ1n) is 10.9. The number of aromatic nitrogens is 3. The number of nitrogens with two attached hydrogens (primary N) is 1. The van der Waals surface area contributed by atoms with Gasteiger partial charge in [-0.1, -0.05) is 35.9 Å². The van der Waals surface area contributed by atoms with Gasteiger partial charge >= 0.3 is 0 Å². The number of pyridine rings is 1. The average molecular weight is 437 g/mol. The third-order valence-corrected chi connectivity index (χ3v) is 5.86. The predicted octanol–water partition coefficient (Wildman–Crippen LogP) is 4.34. The quantitative estimate of drug-likeness (QED) is 0.361. The van der Waals surface area contributed by atoms with Crippen LogP contribution in [0.4, 0.5) is 11.5 Å². The number of hydrogen-bond donors (Lipinski definition) is 1. The highest BCUT2D eigenvalue weighted by Gasteiger charge is 2.30. The van der Waals surface area contributed by atoms with E-state index < -0.39 is 0 Å². The van der Waals surface area contributed by atoms with E-state index in [2.05, 4.69) is 65.3 Å². The van der Waals surface area contributed by atoms with Gasteiger partial charge in [0.05, 0.1) is 31.8 Å². The van der Waals surface area contributed by atoms with Crippen molar-refractivity contribution in [3.05, 3.63) is 107 Å². The van der Waals surface area contributed by atoms with Gasteiger partial charge in [-0.05, 0) is 36.8 Å². The number of ether oxygens (including phenoxy) is 1. The maximum absolute atomic E-state index is 6.39. The summed E-state index contributed by atoms with van der Waals surface area (Å²) in [6.07, 6.45) is 6.52. The zero-order valence-corrected chi connectivity index (χ0v) is 18.8. The number of anilines is 1. The van der Waals surface area contributed by atoms with E-state index >= 15 is 0 Å². The van der Waals surface area contributed by atoms with Crippen LogP contribution in [0.25, 0.3) is 5.70 Å². The number of benzene rings is 2. The molecular formula is C27H26N5O+. The predicted molar refractivity (Wildman–Crippen MR) is 131 cm³/mol. The first-order valence-corrected chi connectivity index (χ1v) is 10.9. The Balaban J connectivity index is 1.47. The fraction of sp³-hybridized carbons (Fsp3) is 0.148. The second-order valence-corrected chi connectivity index (χ2v) is 8.16. The van der Waals surface area contributed by atoms with E-state index in [1.165, 1.54) is 11.3 Å². The van der Waals surface area contributed by atoms with Crippen LogP contribution in [0.2, 0.25) is 0 Å². The van der Waals surface area contributed by atoms with Gasteiger partial charge in [-0.15, -0.1) is 0 Å². The third kappa shape index (κ3) is 4.15. The van der Waals surface area contributed by atoms with Crippen LogP contribution in [0.1, 0.15) is 22.4 Å². The Morgan fingerprint density at radius 3 is 2.76 bits per heavy atom. The molecule has 1 aliphatic heterocycles. The first-order chi connectivity index (χ1) is 16.1. The summed E-state index contributed by atoms with van der Waals surface area (Å²) >= 11 is 0. The zero-order chi connectivity index (χ0) is 22.8. The Morgan fingerprint density at radius 1 is 1.12 bits per heavy atom. The fourth-order valence-corrected chi connectivity index (χ4v) is 4.20. The summed E-state index contributed by atoms with van der Waals surface area (Å²) in [5.74, 6) is 1.39. The van der Waals surface area contributed by atoms with Crippen molar-refractivity contribution in [2.24, 2.45) is 4.99 Å². The van der Waals surface area contributed by atoms with Crippen molar-refractivity contribution in [3.8, 4) is 5.75 Å². The molecule has 33 heavy (non-hydrogen) atoms. The number of nitrogens with zero attached hydrogens (tertiary/aromatic N) is 4. The maximum atomic E-state index is 6.39. The second kappa shape index (κ2) is 8.74. The SMILES string of the molecule is COc1ccc(C2=C(C=Nc3cnn(Cc4cccc(C)c4)c3N)Cc3cccc[n+]32)cc1. The van der Waals surface area contributed by atoms with Gasteiger partial charge in [-0.2, -0.15) is 9.67 Å². The minimum absolute atomic E-state index is 0.558. The van der Waals surface area contributed by atoms with Gasteiger partial charge in [0.15, 0.2) is 11.9 Å². The smallest absolute Gasteiger partial charge is 0.223 e. The molecule has 164 valence electrons. The third-order valence-electron chi connectivity index (χ3n) is 5.86. The van der Waals surface area contributed by atoms with Crippen LogP contribution in [0, 0.1) is 6.92 Å². The number of nitrogen functional groups attached to an aromatic ring is 1. The Bertz CT molecular complexity index is 1370. The molecule has 0 atom stereocenters. The van der Waals surface area contributed by atoms with E-state index in [4.69, 9.17) is 15.5 Å². The van der Waals surface area contributed by atoms with Gasteiger partial charge in [-0.3, -0.25) is 4.99 Å². The Kier molecular flexibility index (Phi) is 5.48. The summed E-state index contributed by atoms with van der Waals surface area (Å²) < 4.78 is 9.33. The summed E-state index contributed by atoms with van der Waals surface area (Å²) in [5, 5.41) is 4.46. The minimum atomic E-state index is 0.558. The largest absolute Gasteiger partial charge is 0.497 e. The lowest BCUT2D eigenvalue weighted by Crippen LogP contribution is -2.33. The van der Waals surface area contributed by atoms with Gasteiger partial charge in [0.25, 0.3) is 0 Å². The first kappa shape index (κ1) is 20.7. The Morgan fingerprint density at radius 2 is 1.97 bits per heavy atom. The van der Waals surface area contributed by atoms with E-state index in [1.807, 2.05) is 30.5 Å². The number of fused-ring (bicyclic) bond motifs is 1. The average Bonchev–Trinajstić information content (AvgIpc) is 3.38. The molecule has 0 spiro atoms. The number of aryl methyl sites for hydroxylation is 1. The monoisotopic (exact) mass is 436 g/mol. The molecule has 5 rings (SSSR count). The van der Waals surface area contributed by atoms with Crippen molar-refractivity contribution in [1.29, 1.82) is 0 Å². The molecule has 1 aliphatic rings. The molecule has 3 heterocycles. The molecule has 0 bridgehead atoms. The van der Waals surface area contributed by atoms with E-state index in [-0.39, 0.29) is 0 Å². The zero-order valence-electron chi connectivity index (χ0n) is 18.8. The number of rotatable bonds is 6. The fourth-order valence-electron chi connectivity index (χ4n) is 4.20. The molecule has 4 aromatic rings. The van der Waals surface area contributed by atoms with Gasteiger partial charge < -0.3 is 10.5 Å². The van der Waals surface area contributed by atoms with Crippen LogP contribution in [-0.4, -0.2) is 23.1 Å². The molecule has 6 nitrogen and oxygen atoms in total.